The summed E-state index contributed by atoms with van der Waals surface area (Å²) in [5.41, 5.74) is 0.814. The van der Waals surface area contributed by atoms with Crippen molar-refractivity contribution in [1.82, 2.24) is 0 Å². The van der Waals surface area contributed by atoms with Gasteiger partial charge in [0.15, 0.2) is 0 Å². The summed E-state index contributed by atoms with van der Waals surface area (Å²) in [6.45, 7) is 0.293. The number of ether oxygens (including phenoxy) is 2. The molecule has 3 unspecified atom stereocenters. The lowest BCUT2D eigenvalue weighted by atomic mass is 9.65. The largest absolute Gasteiger partial charge is 0.448 e. The van der Waals surface area contributed by atoms with Crippen LogP contribution in [0.25, 0.3) is 0 Å². The van der Waals surface area contributed by atoms with E-state index in [1.807, 2.05) is 30.3 Å². The standard InChI is InChI=1S/C22H23F3O3/c23-22(24,25)21(26)19-11-5-4-10-18(19)20(15-28-21)12-6-9-17(13-20)27-14-16-7-2-1-3-8-16/h1-5,7-8,10-11,17,26H,6,9,12-15H2. The molecule has 0 aromatic heterocycles. The van der Waals surface area contributed by atoms with Crippen LogP contribution in [0.5, 0.6) is 0 Å². The van der Waals surface area contributed by atoms with Crippen LogP contribution in [0.2, 0.25) is 0 Å². The average Bonchev–Trinajstić information content (AvgIpc) is 2.70. The third-order valence-electron chi connectivity index (χ3n) is 5.93. The summed E-state index contributed by atoms with van der Waals surface area (Å²) in [6.07, 6.45) is -1.99. The van der Waals surface area contributed by atoms with Crippen molar-refractivity contribution in [2.75, 3.05) is 6.61 Å². The van der Waals surface area contributed by atoms with Crippen molar-refractivity contribution in [3.8, 4) is 0 Å². The van der Waals surface area contributed by atoms with Gasteiger partial charge in [-0.05, 0) is 36.8 Å². The maximum Gasteiger partial charge on any atom is 0.448 e. The summed E-state index contributed by atoms with van der Waals surface area (Å²) in [7, 11) is 0. The Bertz CT molecular complexity index is 823. The fraction of sp³-hybridized carbons (Fsp3) is 0.455. The number of aliphatic hydroxyl groups is 1. The van der Waals surface area contributed by atoms with Crippen molar-refractivity contribution in [3.63, 3.8) is 0 Å². The predicted octanol–water partition coefficient (Wildman–Crippen LogP) is 4.82. The molecule has 3 atom stereocenters. The van der Waals surface area contributed by atoms with Gasteiger partial charge in [-0.25, -0.2) is 0 Å². The molecular weight excluding hydrogens is 369 g/mol. The zero-order valence-corrected chi connectivity index (χ0v) is 15.4. The van der Waals surface area contributed by atoms with Crippen LogP contribution in [0.4, 0.5) is 13.2 Å². The van der Waals surface area contributed by atoms with Gasteiger partial charge in [0, 0.05) is 11.0 Å². The maximum atomic E-state index is 13.5. The first-order chi connectivity index (χ1) is 13.3. The third kappa shape index (κ3) is 3.34. The van der Waals surface area contributed by atoms with Crippen molar-refractivity contribution >= 4 is 0 Å². The van der Waals surface area contributed by atoms with E-state index < -0.39 is 17.4 Å². The highest BCUT2D eigenvalue weighted by atomic mass is 19.4. The zero-order valence-electron chi connectivity index (χ0n) is 15.4. The number of halogens is 3. The van der Waals surface area contributed by atoms with E-state index in [2.05, 4.69) is 0 Å². The normalized spacial score (nSPS) is 30.2. The van der Waals surface area contributed by atoms with E-state index in [1.54, 1.807) is 12.1 Å². The minimum atomic E-state index is -4.90. The van der Waals surface area contributed by atoms with Crippen LogP contribution in [0.1, 0.15) is 42.4 Å². The summed E-state index contributed by atoms with van der Waals surface area (Å²) in [5, 5.41) is 10.3. The van der Waals surface area contributed by atoms with Crippen LogP contribution < -0.4 is 0 Å². The topological polar surface area (TPSA) is 38.7 Å². The van der Waals surface area contributed by atoms with Crippen LogP contribution in [0.15, 0.2) is 54.6 Å². The molecule has 0 amide bonds. The third-order valence-corrected chi connectivity index (χ3v) is 5.93. The van der Waals surface area contributed by atoms with E-state index >= 15 is 0 Å². The highest BCUT2D eigenvalue weighted by Crippen LogP contribution is 2.52. The van der Waals surface area contributed by atoms with Gasteiger partial charge in [-0.3, -0.25) is 0 Å². The molecule has 1 aliphatic heterocycles. The van der Waals surface area contributed by atoms with Gasteiger partial charge in [-0.15, -0.1) is 0 Å². The van der Waals surface area contributed by atoms with Crippen LogP contribution in [0.3, 0.4) is 0 Å². The molecule has 1 heterocycles. The van der Waals surface area contributed by atoms with E-state index in [0.29, 0.717) is 25.0 Å². The number of hydrogen-bond acceptors (Lipinski definition) is 3. The molecule has 6 heteroatoms. The minimum Gasteiger partial charge on any atom is -0.374 e. The highest BCUT2D eigenvalue weighted by molar-refractivity contribution is 5.41. The Hall–Kier alpha value is -1.89. The van der Waals surface area contributed by atoms with Crippen molar-refractivity contribution < 1.29 is 27.8 Å². The van der Waals surface area contributed by atoms with Gasteiger partial charge in [-0.1, -0.05) is 54.6 Å². The Kier molecular flexibility index (Phi) is 4.98. The van der Waals surface area contributed by atoms with Crippen molar-refractivity contribution in [3.05, 3.63) is 71.3 Å². The van der Waals surface area contributed by atoms with Gasteiger partial charge in [0.2, 0.25) is 0 Å². The Balaban J connectivity index is 1.59. The second-order valence-electron chi connectivity index (χ2n) is 7.77. The van der Waals surface area contributed by atoms with Gasteiger partial charge in [0.25, 0.3) is 5.79 Å². The molecule has 1 fully saturated rings. The van der Waals surface area contributed by atoms with Crippen molar-refractivity contribution in [2.24, 2.45) is 0 Å². The molecule has 1 N–H and O–H groups in total. The average molecular weight is 392 g/mol. The molecule has 1 saturated carbocycles. The van der Waals surface area contributed by atoms with Crippen molar-refractivity contribution in [2.45, 2.75) is 55.8 Å². The van der Waals surface area contributed by atoms with E-state index in [-0.39, 0.29) is 18.3 Å². The highest BCUT2D eigenvalue weighted by Gasteiger charge is 2.62. The number of rotatable bonds is 3. The molecular formula is C22H23F3O3. The summed E-state index contributed by atoms with van der Waals surface area (Å²) >= 11 is 0. The molecule has 1 spiro atoms. The fourth-order valence-electron chi connectivity index (χ4n) is 4.49. The predicted molar refractivity (Wildman–Crippen MR) is 97.5 cm³/mol. The van der Waals surface area contributed by atoms with Gasteiger partial charge in [0.1, 0.15) is 0 Å². The summed E-state index contributed by atoms with van der Waals surface area (Å²) < 4.78 is 51.9. The number of hydrogen-bond donors (Lipinski definition) is 1. The molecule has 0 saturated heterocycles. The minimum absolute atomic E-state index is 0.0670. The Morgan fingerprint density at radius 1 is 1.04 bits per heavy atom. The SMILES string of the molecule is OC1(C(F)(F)F)OCC2(CCCC(OCc3ccccc3)C2)c2ccccc21. The number of fused-ring (bicyclic) bond motifs is 2. The van der Waals surface area contributed by atoms with E-state index in [9.17, 15) is 18.3 Å². The van der Waals surface area contributed by atoms with Crippen LogP contribution in [0, 0.1) is 0 Å². The van der Waals surface area contributed by atoms with E-state index in [4.69, 9.17) is 9.47 Å². The smallest absolute Gasteiger partial charge is 0.374 e. The Morgan fingerprint density at radius 3 is 2.43 bits per heavy atom. The van der Waals surface area contributed by atoms with E-state index in [0.717, 1.165) is 18.4 Å². The summed E-state index contributed by atoms with van der Waals surface area (Å²) in [4.78, 5) is 0. The summed E-state index contributed by atoms with van der Waals surface area (Å²) in [6, 6.07) is 16.0. The Labute approximate surface area is 162 Å². The molecule has 2 aromatic carbocycles. The molecule has 1 aliphatic carbocycles. The first kappa shape index (κ1) is 19.4. The second-order valence-corrected chi connectivity index (χ2v) is 7.77. The molecule has 150 valence electrons. The van der Waals surface area contributed by atoms with E-state index in [1.165, 1.54) is 12.1 Å². The van der Waals surface area contributed by atoms with Gasteiger partial charge in [0.05, 0.1) is 19.3 Å². The van der Waals surface area contributed by atoms with Crippen LogP contribution in [-0.4, -0.2) is 24.0 Å². The number of alkyl halides is 3. The molecule has 0 radical (unpaired) electrons. The first-order valence-electron chi connectivity index (χ1n) is 9.53. The van der Waals surface area contributed by atoms with Gasteiger partial charge < -0.3 is 14.6 Å². The first-order valence-corrected chi connectivity index (χ1v) is 9.53. The lowest BCUT2D eigenvalue weighted by Crippen LogP contribution is -2.55. The quantitative estimate of drug-likeness (QED) is 0.814. The molecule has 28 heavy (non-hydrogen) atoms. The maximum absolute atomic E-state index is 13.5. The molecule has 4 rings (SSSR count). The second kappa shape index (κ2) is 7.17. The zero-order chi connectivity index (χ0) is 19.8. The molecule has 2 aromatic rings. The molecule has 3 nitrogen and oxygen atoms in total. The lowest BCUT2D eigenvalue weighted by molar-refractivity contribution is -0.385. The fourth-order valence-corrected chi connectivity index (χ4v) is 4.49. The monoisotopic (exact) mass is 392 g/mol. The van der Waals surface area contributed by atoms with Crippen LogP contribution >= 0.6 is 0 Å². The molecule has 0 bridgehead atoms. The molecule has 2 aliphatic rings. The lowest BCUT2D eigenvalue weighted by Gasteiger charge is -2.49. The van der Waals surface area contributed by atoms with Gasteiger partial charge >= 0.3 is 6.18 Å². The summed E-state index contributed by atoms with van der Waals surface area (Å²) in [5.74, 6) is -3.26. The van der Waals surface area contributed by atoms with Crippen LogP contribution in [-0.2, 0) is 27.3 Å². The van der Waals surface area contributed by atoms with Gasteiger partial charge in [-0.2, -0.15) is 13.2 Å². The Morgan fingerprint density at radius 2 is 1.71 bits per heavy atom. The number of benzene rings is 2. The van der Waals surface area contributed by atoms with Crippen molar-refractivity contribution in [1.29, 1.82) is 0 Å².